The second kappa shape index (κ2) is 4.72. The third-order valence-electron chi connectivity index (χ3n) is 1.78. The molecule has 1 atom stereocenters. The van der Waals surface area contributed by atoms with E-state index >= 15 is 0 Å². The molecule has 0 aliphatic heterocycles. The van der Waals surface area contributed by atoms with Crippen LogP contribution in [0.15, 0.2) is 29.2 Å². The van der Waals surface area contributed by atoms with Gasteiger partial charge in [0.1, 0.15) is 5.84 Å². The van der Waals surface area contributed by atoms with Crippen molar-refractivity contribution in [3.63, 3.8) is 0 Å². The van der Waals surface area contributed by atoms with Gasteiger partial charge in [-0.05, 0) is 11.6 Å². The molecule has 0 radical (unpaired) electrons. The first-order valence-electron chi connectivity index (χ1n) is 4.01. The van der Waals surface area contributed by atoms with Crippen molar-refractivity contribution < 1.29 is 8.76 Å². The van der Waals surface area contributed by atoms with Crippen molar-refractivity contribution in [1.29, 1.82) is 0 Å². The average Bonchev–Trinajstić information content (AvgIpc) is 2.15. The van der Waals surface area contributed by atoms with Crippen LogP contribution in [-0.2, 0) is 11.3 Å². The van der Waals surface area contributed by atoms with Crippen molar-refractivity contribution in [3.05, 3.63) is 35.9 Å². The SMILES string of the molecule is C=Cc1cccc(N)c1C(N)=NS(=O)[O-]. The second-order valence-corrected chi connectivity index (χ2v) is 3.33. The normalized spacial score (nSPS) is 13.5. The highest BCUT2D eigenvalue weighted by atomic mass is 32.2. The number of benzene rings is 1. The average molecular weight is 224 g/mol. The number of hydrogen-bond donors (Lipinski definition) is 2. The van der Waals surface area contributed by atoms with Crippen LogP contribution >= 0.6 is 0 Å². The van der Waals surface area contributed by atoms with Gasteiger partial charge < -0.3 is 16.0 Å². The Morgan fingerprint density at radius 2 is 2.27 bits per heavy atom. The van der Waals surface area contributed by atoms with E-state index in [1.807, 2.05) is 0 Å². The van der Waals surface area contributed by atoms with Gasteiger partial charge in [0.15, 0.2) is 0 Å². The van der Waals surface area contributed by atoms with Crippen LogP contribution in [0.5, 0.6) is 0 Å². The summed E-state index contributed by atoms with van der Waals surface area (Å²) in [5, 5.41) is 0. The summed E-state index contributed by atoms with van der Waals surface area (Å²) in [7, 11) is 0. The van der Waals surface area contributed by atoms with Crippen molar-refractivity contribution in [1.82, 2.24) is 0 Å². The smallest absolute Gasteiger partial charge is 0.143 e. The molecule has 0 amide bonds. The summed E-state index contributed by atoms with van der Waals surface area (Å²) in [6, 6.07) is 5.05. The molecule has 0 spiro atoms. The molecule has 0 bridgehead atoms. The van der Waals surface area contributed by atoms with Gasteiger partial charge in [0.2, 0.25) is 0 Å². The van der Waals surface area contributed by atoms with E-state index < -0.39 is 11.3 Å². The van der Waals surface area contributed by atoms with Crippen molar-refractivity contribution in [3.8, 4) is 0 Å². The van der Waals surface area contributed by atoms with Gasteiger partial charge in [-0.2, -0.15) is 4.40 Å². The summed E-state index contributed by atoms with van der Waals surface area (Å²) < 4.78 is 23.9. The zero-order valence-electron chi connectivity index (χ0n) is 7.84. The molecule has 1 rings (SSSR count). The number of nitrogens with zero attached hydrogens (tertiary/aromatic N) is 1. The van der Waals surface area contributed by atoms with E-state index in [1.54, 1.807) is 18.2 Å². The molecule has 0 aliphatic rings. The lowest BCUT2D eigenvalue weighted by Gasteiger charge is -2.09. The zero-order chi connectivity index (χ0) is 11.4. The number of rotatable bonds is 3. The molecular formula is C9H10N3O2S-. The monoisotopic (exact) mass is 224 g/mol. The van der Waals surface area contributed by atoms with Crippen LogP contribution in [0.1, 0.15) is 11.1 Å². The van der Waals surface area contributed by atoms with Crippen LogP contribution in [0.2, 0.25) is 0 Å². The molecule has 1 unspecified atom stereocenters. The second-order valence-electron chi connectivity index (χ2n) is 2.71. The van der Waals surface area contributed by atoms with Crippen molar-refractivity contribution in [2.24, 2.45) is 10.1 Å². The van der Waals surface area contributed by atoms with Crippen molar-refractivity contribution in [2.45, 2.75) is 0 Å². The van der Waals surface area contributed by atoms with E-state index in [0.29, 0.717) is 16.8 Å². The topological polar surface area (TPSA) is 105 Å². The fraction of sp³-hybridized carbons (Fsp3) is 0. The number of nitrogens with two attached hydrogens (primary N) is 2. The van der Waals surface area contributed by atoms with Gasteiger partial charge in [0.25, 0.3) is 0 Å². The lowest BCUT2D eigenvalue weighted by molar-refractivity contribution is 0.539. The maximum atomic E-state index is 10.4. The minimum absolute atomic E-state index is 0.142. The van der Waals surface area contributed by atoms with Crippen LogP contribution in [0.25, 0.3) is 6.08 Å². The van der Waals surface area contributed by atoms with Gasteiger partial charge in [-0.1, -0.05) is 24.8 Å². The minimum atomic E-state index is -2.59. The summed E-state index contributed by atoms with van der Waals surface area (Å²) in [6.07, 6.45) is 1.53. The van der Waals surface area contributed by atoms with E-state index in [2.05, 4.69) is 11.0 Å². The highest BCUT2D eigenvalue weighted by Gasteiger charge is 2.07. The lowest BCUT2D eigenvalue weighted by Crippen LogP contribution is -2.17. The molecule has 1 aromatic carbocycles. The fourth-order valence-electron chi connectivity index (χ4n) is 1.18. The molecule has 0 heterocycles. The maximum Gasteiger partial charge on any atom is 0.143 e. The van der Waals surface area contributed by atoms with Crippen molar-refractivity contribution >= 4 is 28.9 Å². The van der Waals surface area contributed by atoms with E-state index in [-0.39, 0.29) is 5.84 Å². The molecule has 0 aromatic heterocycles. The minimum Gasteiger partial charge on any atom is -0.754 e. The van der Waals surface area contributed by atoms with Crippen LogP contribution in [0, 0.1) is 0 Å². The maximum absolute atomic E-state index is 10.4. The van der Waals surface area contributed by atoms with Gasteiger partial charge >= 0.3 is 0 Å². The molecule has 6 heteroatoms. The third-order valence-corrected chi connectivity index (χ3v) is 2.12. The predicted molar refractivity (Wildman–Crippen MR) is 60.6 cm³/mol. The first kappa shape index (κ1) is 11.4. The predicted octanol–water partition coefficient (Wildman–Crippen LogP) is 0.411. The van der Waals surface area contributed by atoms with Gasteiger partial charge in [-0.15, -0.1) is 0 Å². The number of amidine groups is 1. The van der Waals surface area contributed by atoms with Crippen LogP contribution < -0.4 is 11.5 Å². The summed E-state index contributed by atoms with van der Waals surface area (Å²) >= 11 is -2.59. The number of anilines is 1. The quantitative estimate of drug-likeness (QED) is 0.336. The van der Waals surface area contributed by atoms with Gasteiger partial charge in [-0.25, -0.2) is 0 Å². The van der Waals surface area contributed by atoms with Crippen LogP contribution in [-0.4, -0.2) is 14.6 Å². The molecule has 5 nitrogen and oxygen atoms in total. The van der Waals surface area contributed by atoms with E-state index in [1.165, 1.54) is 6.08 Å². The molecule has 4 N–H and O–H groups in total. The Hall–Kier alpha value is -1.66. The number of nitrogen functional groups attached to an aromatic ring is 1. The van der Waals surface area contributed by atoms with E-state index in [9.17, 15) is 8.76 Å². The molecule has 0 fully saturated rings. The van der Waals surface area contributed by atoms with Gasteiger partial charge in [0.05, 0.1) is 11.3 Å². The molecular weight excluding hydrogens is 214 g/mol. The Morgan fingerprint density at radius 1 is 1.60 bits per heavy atom. The molecule has 15 heavy (non-hydrogen) atoms. The van der Waals surface area contributed by atoms with Gasteiger partial charge in [-0.3, -0.25) is 4.21 Å². The Kier molecular flexibility index (Phi) is 3.59. The Labute approximate surface area is 89.9 Å². The molecule has 1 aromatic rings. The summed E-state index contributed by atoms with van der Waals surface area (Å²) in [4.78, 5) is 0. The van der Waals surface area contributed by atoms with Crippen LogP contribution in [0.4, 0.5) is 5.69 Å². The fourth-order valence-corrected chi connectivity index (χ4v) is 1.43. The van der Waals surface area contributed by atoms with Crippen LogP contribution in [0.3, 0.4) is 0 Å². The molecule has 80 valence electrons. The summed E-state index contributed by atoms with van der Waals surface area (Å²) in [5.74, 6) is -0.142. The first-order chi connectivity index (χ1) is 7.06. The van der Waals surface area contributed by atoms with Gasteiger partial charge in [0, 0.05) is 11.3 Å². The Morgan fingerprint density at radius 3 is 2.80 bits per heavy atom. The Balaban J connectivity index is 3.35. The van der Waals surface area contributed by atoms with E-state index in [4.69, 9.17) is 11.5 Å². The lowest BCUT2D eigenvalue weighted by atomic mass is 10.0. The largest absolute Gasteiger partial charge is 0.754 e. The zero-order valence-corrected chi connectivity index (χ0v) is 8.66. The highest BCUT2D eigenvalue weighted by molar-refractivity contribution is 7.77. The molecule has 0 aliphatic carbocycles. The molecule has 0 saturated heterocycles. The summed E-state index contributed by atoms with van der Waals surface area (Å²) in [6.45, 7) is 3.57. The molecule has 0 saturated carbocycles. The standard InChI is InChI=1S/C9H11N3O2S/c1-2-6-4-3-5-7(10)8(6)9(11)12-15(13)14/h2-5H,1,10H2,(H2,11,12)(H,13,14)/p-1. The number of hydrogen-bond acceptors (Lipinski definition) is 3. The Bertz CT molecular complexity index is 443. The van der Waals surface area contributed by atoms with Crippen molar-refractivity contribution in [2.75, 3.05) is 5.73 Å². The van der Waals surface area contributed by atoms with E-state index in [0.717, 1.165) is 0 Å². The highest BCUT2D eigenvalue weighted by Crippen LogP contribution is 2.17. The third kappa shape index (κ3) is 2.64. The summed E-state index contributed by atoms with van der Waals surface area (Å²) in [5.41, 5.74) is 12.6. The first-order valence-corrected chi connectivity index (χ1v) is 5.04.